The van der Waals surface area contributed by atoms with Gasteiger partial charge in [-0.3, -0.25) is 0 Å². The topological polar surface area (TPSA) is 8.17 Å². The highest BCUT2D eigenvalue weighted by Gasteiger charge is 2.21. The Hall–Kier alpha value is -8.20. The second kappa shape index (κ2) is 14.8. The van der Waals surface area contributed by atoms with E-state index in [1.54, 1.807) is 0 Å². The standard InChI is InChI=1S/C60H40N2/c1-4-19-42(20-5-1)59-54-31-13-12-29-50(54)51-36-34-45(39-55(51)60(59)43-21-6-2-7-22-43)44-24-16-27-47(38-44)61(46-25-8-3-9-26-46)48-35-37-53-52-30-14-15-32-57(52)62(58(53)40-48)56-33-17-23-41-18-10-11-28-49(41)56/h1-40H. The van der Waals surface area contributed by atoms with Gasteiger partial charge in [-0.1, -0.05) is 188 Å². The molecule has 0 bridgehead atoms. The van der Waals surface area contributed by atoms with Crippen molar-refractivity contribution >= 4 is 71.2 Å². The van der Waals surface area contributed by atoms with E-state index in [2.05, 4.69) is 252 Å². The minimum Gasteiger partial charge on any atom is -0.310 e. The summed E-state index contributed by atoms with van der Waals surface area (Å²) in [5.41, 5.74) is 14.1. The molecule has 0 amide bonds. The predicted molar refractivity (Wildman–Crippen MR) is 264 cm³/mol. The van der Waals surface area contributed by atoms with Crippen molar-refractivity contribution in [3.8, 4) is 39.1 Å². The molecule has 0 aliphatic heterocycles. The van der Waals surface area contributed by atoms with Crippen LogP contribution in [0.25, 0.3) is 93.2 Å². The molecule has 0 atom stereocenters. The summed E-state index contributed by atoms with van der Waals surface area (Å²) in [6.45, 7) is 0. The van der Waals surface area contributed by atoms with E-state index >= 15 is 0 Å². The molecule has 0 fully saturated rings. The van der Waals surface area contributed by atoms with Crippen LogP contribution in [0.15, 0.2) is 243 Å². The smallest absolute Gasteiger partial charge is 0.0562 e. The fourth-order valence-electron chi connectivity index (χ4n) is 9.79. The fourth-order valence-corrected chi connectivity index (χ4v) is 9.79. The Morgan fingerprint density at radius 2 is 0.758 bits per heavy atom. The molecule has 0 saturated carbocycles. The van der Waals surface area contributed by atoms with Gasteiger partial charge in [-0.15, -0.1) is 0 Å². The lowest BCUT2D eigenvalue weighted by molar-refractivity contribution is 1.19. The largest absolute Gasteiger partial charge is 0.310 e. The summed E-state index contributed by atoms with van der Waals surface area (Å²) in [6.07, 6.45) is 0. The Morgan fingerprint density at radius 1 is 0.258 bits per heavy atom. The summed E-state index contributed by atoms with van der Waals surface area (Å²) >= 11 is 0. The first-order valence-electron chi connectivity index (χ1n) is 21.3. The van der Waals surface area contributed by atoms with Gasteiger partial charge in [0.1, 0.15) is 0 Å². The van der Waals surface area contributed by atoms with Crippen LogP contribution in [0.1, 0.15) is 0 Å². The minimum absolute atomic E-state index is 1.09. The second-order valence-corrected chi connectivity index (χ2v) is 16.1. The number of benzene rings is 11. The number of aromatic nitrogens is 1. The van der Waals surface area contributed by atoms with Gasteiger partial charge in [0.15, 0.2) is 0 Å². The summed E-state index contributed by atoms with van der Waals surface area (Å²) in [5.74, 6) is 0. The van der Waals surface area contributed by atoms with Gasteiger partial charge in [0.25, 0.3) is 0 Å². The average Bonchev–Trinajstić information content (AvgIpc) is 3.67. The Bertz CT molecular complexity index is 3620. The van der Waals surface area contributed by atoms with Crippen LogP contribution in [0.4, 0.5) is 17.1 Å². The van der Waals surface area contributed by atoms with Crippen molar-refractivity contribution in [2.75, 3.05) is 4.90 Å². The summed E-state index contributed by atoms with van der Waals surface area (Å²) in [4.78, 5) is 2.39. The normalized spacial score (nSPS) is 11.5. The molecule has 0 unspecified atom stereocenters. The van der Waals surface area contributed by atoms with E-state index in [0.29, 0.717) is 0 Å². The molecule has 0 aliphatic carbocycles. The Balaban J connectivity index is 1.06. The van der Waals surface area contributed by atoms with Crippen molar-refractivity contribution in [2.45, 2.75) is 0 Å². The van der Waals surface area contributed by atoms with Gasteiger partial charge >= 0.3 is 0 Å². The third kappa shape index (κ3) is 5.88. The maximum absolute atomic E-state index is 2.45. The molecule has 290 valence electrons. The number of rotatable bonds is 7. The third-order valence-electron chi connectivity index (χ3n) is 12.5. The lowest BCUT2D eigenvalue weighted by Gasteiger charge is -2.26. The molecular weight excluding hydrogens is 749 g/mol. The van der Waals surface area contributed by atoms with E-state index in [9.17, 15) is 0 Å². The van der Waals surface area contributed by atoms with Gasteiger partial charge < -0.3 is 9.47 Å². The first-order chi connectivity index (χ1) is 30.8. The molecule has 0 aliphatic rings. The van der Waals surface area contributed by atoms with Crippen LogP contribution >= 0.6 is 0 Å². The lowest BCUT2D eigenvalue weighted by Crippen LogP contribution is -2.10. The first-order valence-corrected chi connectivity index (χ1v) is 21.3. The molecule has 0 N–H and O–H groups in total. The van der Waals surface area contributed by atoms with E-state index in [4.69, 9.17) is 0 Å². The molecule has 2 nitrogen and oxygen atoms in total. The second-order valence-electron chi connectivity index (χ2n) is 16.1. The van der Waals surface area contributed by atoms with Gasteiger partial charge in [-0.25, -0.2) is 0 Å². The minimum atomic E-state index is 1.09. The van der Waals surface area contributed by atoms with Crippen LogP contribution in [0.2, 0.25) is 0 Å². The summed E-state index contributed by atoms with van der Waals surface area (Å²) in [6, 6.07) is 88.5. The average molecular weight is 789 g/mol. The SMILES string of the molecule is c1ccc(-c2c(-c3ccccc3)c3cc(-c4cccc(N(c5ccccc5)c5ccc6c7ccccc7n(-c7cccc8ccccc78)c6c5)c4)ccc3c3ccccc23)cc1. The van der Waals surface area contributed by atoms with E-state index in [1.807, 2.05) is 0 Å². The Kier molecular flexibility index (Phi) is 8.53. The van der Waals surface area contributed by atoms with Crippen LogP contribution in [-0.4, -0.2) is 4.57 Å². The number of hydrogen-bond acceptors (Lipinski definition) is 1. The number of para-hydroxylation sites is 2. The van der Waals surface area contributed by atoms with Crippen molar-refractivity contribution in [3.63, 3.8) is 0 Å². The summed E-state index contributed by atoms with van der Waals surface area (Å²) in [5, 5.41) is 9.93. The van der Waals surface area contributed by atoms with Crippen LogP contribution in [0.3, 0.4) is 0 Å². The molecule has 1 heterocycles. The lowest BCUT2D eigenvalue weighted by atomic mass is 9.84. The maximum atomic E-state index is 2.45. The van der Waals surface area contributed by atoms with Crippen molar-refractivity contribution in [3.05, 3.63) is 243 Å². The number of fused-ring (bicyclic) bond motifs is 7. The zero-order valence-electron chi connectivity index (χ0n) is 34.0. The number of anilines is 3. The van der Waals surface area contributed by atoms with Crippen molar-refractivity contribution in [1.82, 2.24) is 4.57 Å². The van der Waals surface area contributed by atoms with Crippen LogP contribution < -0.4 is 4.90 Å². The quantitative estimate of drug-likeness (QED) is 0.146. The monoisotopic (exact) mass is 788 g/mol. The van der Waals surface area contributed by atoms with Crippen LogP contribution in [0, 0.1) is 0 Å². The van der Waals surface area contributed by atoms with Crippen LogP contribution in [-0.2, 0) is 0 Å². The van der Waals surface area contributed by atoms with Crippen LogP contribution in [0.5, 0.6) is 0 Å². The fraction of sp³-hybridized carbons (Fsp3) is 0. The van der Waals surface area contributed by atoms with E-state index in [0.717, 1.165) is 22.6 Å². The van der Waals surface area contributed by atoms with E-state index < -0.39 is 0 Å². The molecule has 0 saturated heterocycles. The van der Waals surface area contributed by atoms with Gasteiger partial charge in [0.2, 0.25) is 0 Å². The Labute approximate surface area is 360 Å². The first kappa shape index (κ1) is 35.7. The number of hydrogen-bond donors (Lipinski definition) is 0. The molecular formula is C60H40N2. The van der Waals surface area contributed by atoms with Gasteiger partial charge in [-0.2, -0.15) is 0 Å². The molecule has 12 rings (SSSR count). The van der Waals surface area contributed by atoms with Gasteiger partial charge in [-0.05, 0) is 115 Å². The molecule has 1 aromatic heterocycles. The molecule has 0 spiro atoms. The zero-order chi connectivity index (χ0) is 41.0. The molecule has 12 aromatic rings. The summed E-state index contributed by atoms with van der Waals surface area (Å²) in [7, 11) is 0. The van der Waals surface area contributed by atoms with E-state index in [-0.39, 0.29) is 0 Å². The summed E-state index contributed by atoms with van der Waals surface area (Å²) < 4.78 is 2.45. The third-order valence-corrected chi connectivity index (χ3v) is 12.5. The zero-order valence-corrected chi connectivity index (χ0v) is 34.0. The molecule has 11 aromatic carbocycles. The van der Waals surface area contributed by atoms with Gasteiger partial charge in [0.05, 0.1) is 16.7 Å². The van der Waals surface area contributed by atoms with Crippen molar-refractivity contribution < 1.29 is 0 Å². The molecule has 62 heavy (non-hydrogen) atoms. The van der Waals surface area contributed by atoms with E-state index in [1.165, 1.54) is 87.6 Å². The van der Waals surface area contributed by atoms with Crippen molar-refractivity contribution in [1.29, 1.82) is 0 Å². The maximum Gasteiger partial charge on any atom is 0.0562 e. The highest BCUT2D eigenvalue weighted by molar-refractivity contribution is 6.22. The molecule has 0 radical (unpaired) electrons. The number of nitrogens with zero attached hydrogens (tertiary/aromatic N) is 2. The highest BCUT2D eigenvalue weighted by Crippen LogP contribution is 2.46. The highest BCUT2D eigenvalue weighted by atomic mass is 15.1. The van der Waals surface area contributed by atoms with Gasteiger partial charge in [0, 0.05) is 33.2 Å². The van der Waals surface area contributed by atoms with Crippen molar-refractivity contribution in [2.24, 2.45) is 0 Å². The predicted octanol–water partition coefficient (Wildman–Crippen LogP) is 16.7. The Morgan fingerprint density at radius 3 is 1.53 bits per heavy atom. The molecule has 2 heteroatoms.